The van der Waals surface area contributed by atoms with E-state index in [9.17, 15) is 0 Å². The van der Waals surface area contributed by atoms with Crippen LogP contribution in [0.2, 0.25) is 0 Å². The SMILES string of the molecule is CC(C)OC[C@H]1CCCN1Cc1ccc(OC[C@H]2CCCN2c2ncnc3[nH]cnc23)c2ccccc12. The zero-order valence-corrected chi connectivity index (χ0v) is 21.8. The van der Waals surface area contributed by atoms with Crippen LogP contribution in [0.5, 0.6) is 5.75 Å². The molecular formula is C29H36N6O2. The highest BCUT2D eigenvalue weighted by Gasteiger charge is 2.29. The van der Waals surface area contributed by atoms with Gasteiger partial charge in [-0.15, -0.1) is 0 Å². The van der Waals surface area contributed by atoms with Gasteiger partial charge in [0.25, 0.3) is 0 Å². The minimum absolute atomic E-state index is 0.250. The van der Waals surface area contributed by atoms with Crippen molar-refractivity contribution < 1.29 is 9.47 Å². The molecule has 2 atom stereocenters. The Kier molecular flexibility index (Phi) is 6.93. The highest BCUT2D eigenvalue weighted by atomic mass is 16.5. The van der Waals surface area contributed by atoms with Crippen LogP contribution in [0.15, 0.2) is 49.1 Å². The molecule has 194 valence electrons. The van der Waals surface area contributed by atoms with Crippen LogP contribution in [0.1, 0.15) is 45.1 Å². The van der Waals surface area contributed by atoms with Gasteiger partial charge >= 0.3 is 0 Å². The topological polar surface area (TPSA) is 79.4 Å². The number of H-pyrrole nitrogens is 1. The zero-order valence-electron chi connectivity index (χ0n) is 21.8. The molecule has 1 N–H and O–H groups in total. The lowest BCUT2D eigenvalue weighted by Crippen LogP contribution is -2.35. The van der Waals surface area contributed by atoms with E-state index in [1.54, 1.807) is 12.7 Å². The maximum absolute atomic E-state index is 6.51. The molecular weight excluding hydrogens is 464 g/mol. The number of nitrogens with zero attached hydrogens (tertiary/aromatic N) is 5. The Bertz CT molecular complexity index is 1350. The highest BCUT2D eigenvalue weighted by molar-refractivity contribution is 5.91. The van der Waals surface area contributed by atoms with Gasteiger partial charge in [0.15, 0.2) is 11.5 Å². The van der Waals surface area contributed by atoms with E-state index < -0.39 is 0 Å². The number of rotatable bonds is 9. The third-order valence-corrected chi connectivity index (χ3v) is 7.75. The molecule has 2 aliphatic heterocycles. The summed E-state index contributed by atoms with van der Waals surface area (Å²) in [4.78, 5) is 21.3. The number of fused-ring (bicyclic) bond motifs is 2. The van der Waals surface area contributed by atoms with Gasteiger partial charge in [-0.25, -0.2) is 15.0 Å². The van der Waals surface area contributed by atoms with Crippen molar-refractivity contribution in [3.8, 4) is 5.75 Å². The summed E-state index contributed by atoms with van der Waals surface area (Å²) in [5, 5.41) is 2.45. The number of aromatic amines is 1. The first kappa shape index (κ1) is 24.1. The molecule has 4 aromatic rings. The van der Waals surface area contributed by atoms with Gasteiger partial charge in [0.2, 0.25) is 0 Å². The van der Waals surface area contributed by atoms with Crippen LogP contribution in [-0.2, 0) is 11.3 Å². The van der Waals surface area contributed by atoms with E-state index in [2.05, 4.69) is 80.0 Å². The van der Waals surface area contributed by atoms with E-state index in [0.717, 1.165) is 61.8 Å². The Hall–Kier alpha value is -3.23. The minimum atomic E-state index is 0.250. The Morgan fingerprint density at radius 3 is 2.68 bits per heavy atom. The number of benzene rings is 2. The third-order valence-electron chi connectivity index (χ3n) is 7.75. The molecule has 2 saturated heterocycles. The molecule has 2 aliphatic rings. The molecule has 6 rings (SSSR count). The molecule has 4 heterocycles. The fourth-order valence-electron chi connectivity index (χ4n) is 5.85. The first-order valence-corrected chi connectivity index (χ1v) is 13.6. The Morgan fingerprint density at radius 2 is 1.78 bits per heavy atom. The van der Waals surface area contributed by atoms with E-state index in [1.807, 2.05) is 0 Å². The van der Waals surface area contributed by atoms with Gasteiger partial charge in [-0.3, -0.25) is 4.90 Å². The lowest BCUT2D eigenvalue weighted by atomic mass is 10.0. The van der Waals surface area contributed by atoms with Gasteiger partial charge in [0.05, 0.1) is 25.1 Å². The van der Waals surface area contributed by atoms with Crippen LogP contribution in [-0.4, -0.2) is 69.3 Å². The molecule has 0 bridgehead atoms. The number of imidazole rings is 1. The quantitative estimate of drug-likeness (QED) is 0.349. The normalized spacial score (nSPS) is 20.6. The average Bonchev–Trinajstić information content (AvgIpc) is 3.68. The van der Waals surface area contributed by atoms with Gasteiger partial charge in [-0.05, 0) is 63.1 Å². The van der Waals surface area contributed by atoms with Crippen molar-refractivity contribution in [2.24, 2.45) is 0 Å². The van der Waals surface area contributed by atoms with Crippen molar-refractivity contribution in [1.29, 1.82) is 0 Å². The summed E-state index contributed by atoms with van der Waals surface area (Å²) in [7, 11) is 0. The van der Waals surface area contributed by atoms with Crippen molar-refractivity contribution in [3.05, 3.63) is 54.6 Å². The van der Waals surface area contributed by atoms with Gasteiger partial charge in [-0.2, -0.15) is 0 Å². The second kappa shape index (κ2) is 10.6. The fraction of sp³-hybridized carbons (Fsp3) is 0.483. The number of nitrogens with one attached hydrogen (secondary N) is 1. The summed E-state index contributed by atoms with van der Waals surface area (Å²) in [5.74, 6) is 1.83. The van der Waals surface area contributed by atoms with Crippen LogP contribution in [0.3, 0.4) is 0 Å². The summed E-state index contributed by atoms with van der Waals surface area (Å²) in [6, 6.07) is 13.8. The smallest absolute Gasteiger partial charge is 0.162 e. The largest absolute Gasteiger partial charge is 0.491 e. The van der Waals surface area contributed by atoms with Crippen LogP contribution < -0.4 is 9.64 Å². The van der Waals surface area contributed by atoms with Crippen molar-refractivity contribution >= 4 is 27.8 Å². The van der Waals surface area contributed by atoms with E-state index in [1.165, 1.54) is 29.2 Å². The number of aromatic nitrogens is 4. The van der Waals surface area contributed by atoms with Crippen LogP contribution in [0.25, 0.3) is 21.9 Å². The molecule has 0 amide bonds. The zero-order chi connectivity index (χ0) is 25.2. The molecule has 0 unspecified atom stereocenters. The molecule has 2 aromatic heterocycles. The molecule has 0 radical (unpaired) electrons. The molecule has 0 spiro atoms. The molecule has 8 nitrogen and oxygen atoms in total. The standard InChI is InChI=1S/C29H36N6O2/c1-20(2)36-16-22-7-5-13-34(22)15-21-11-12-26(25-10-4-3-9-24(21)25)37-17-23-8-6-14-35(23)29-27-28(31-18-30-27)32-19-33-29/h3-4,9-12,18-20,22-23H,5-8,13-17H2,1-2H3,(H,30,31,32,33)/t22-,23-/m1/s1. The van der Waals surface area contributed by atoms with Crippen LogP contribution in [0.4, 0.5) is 5.82 Å². The van der Waals surface area contributed by atoms with Crippen molar-refractivity contribution in [2.45, 2.75) is 64.3 Å². The Balaban J connectivity index is 1.19. The van der Waals surface area contributed by atoms with Crippen molar-refractivity contribution in [1.82, 2.24) is 24.8 Å². The predicted octanol–water partition coefficient (Wildman–Crippen LogP) is 4.94. The summed E-state index contributed by atoms with van der Waals surface area (Å²) in [6.07, 6.45) is 8.19. The molecule has 37 heavy (non-hydrogen) atoms. The highest BCUT2D eigenvalue weighted by Crippen LogP contribution is 2.33. The van der Waals surface area contributed by atoms with E-state index in [0.29, 0.717) is 12.6 Å². The van der Waals surface area contributed by atoms with Gasteiger partial charge in [0.1, 0.15) is 24.2 Å². The fourth-order valence-corrected chi connectivity index (χ4v) is 5.85. The van der Waals surface area contributed by atoms with Crippen LogP contribution >= 0.6 is 0 Å². The second-order valence-corrected chi connectivity index (χ2v) is 10.5. The summed E-state index contributed by atoms with van der Waals surface area (Å²) in [5.41, 5.74) is 2.95. The average molecular weight is 501 g/mol. The minimum Gasteiger partial charge on any atom is -0.491 e. The van der Waals surface area contributed by atoms with Crippen LogP contribution in [0, 0.1) is 0 Å². The van der Waals surface area contributed by atoms with Gasteiger partial charge in [-0.1, -0.05) is 30.3 Å². The summed E-state index contributed by atoms with van der Waals surface area (Å²) >= 11 is 0. The Labute approximate surface area is 218 Å². The number of anilines is 1. The number of hydrogen-bond donors (Lipinski definition) is 1. The molecule has 2 fully saturated rings. The van der Waals surface area contributed by atoms with Gasteiger partial charge in [0, 0.05) is 24.5 Å². The number of likely N-dealkylation sites (tertiary alicyclic amines) is 1. The maximum atomic E-state index is 6.51. The summed E-state index contributed by atoms with van der Waals surface area (Å²) in [6.45, 7) is 8.66. The number of hydrogen-bond acceptors (Lipinski definition) is 7. The lowest BCUT2D eigenvalue weighted by Gasteiger charge is -2.27. The Morgan fingerprint density at radius 1 is 0.946 bits per heavy atom. The second-order valence-electron chi connectivity index (χ2n) is 10.5. The molecule has 2 aromatic carbocycles. The summed E-state index contributed by atoms with van der Waals surface area (Å²) < 4.78 is 12.5. The number of ether oxygens (including phenoxy) is 2. The van der Waals surface area contributed by atoms with E-state index in [-0.39, 0.29) is 12.1 Å². The molecule has 0 saturated carbocycles. The first-order valence-electron chi connectivity index (χ1n) is 13.6. The lowest BCUT2D eigenvalue weighted by molar-refractivity contribution is 0.0356. The van der Waals surface area contributed by atoms with E-state index >= 15 is 0 Å². The van der Waals surface area contributed by atoms with E-state index in [4.69, 9.17) is 9.47 Å². The third kappa shape index (κ3) is 5.00. The van der Waals surface area contributed by atoms with Gasteiger partial charge < -0.3 is 19.4 Å². The van der Waals surface area contributed by atoms with Crippen molar-refractivity contribution in [3.63, 3.8) is 0 Å². The first-order chi connectivity index (χ1) is 18.2. The molecule has 0 aliphatic carbocycles. The van der Waals surface area contributed by atoms with Crippen molar-refractivity contribution in [2.75, 3.05) is 31.2 Å². The maximum Gasteiger partial charge on any atom is 0.162 e. The monoisotopic (exact) mass is 500 g/mol. The predicted molar refractivity (Wildman–Crippen MR) is 146 cm³/mol. The molecule has 8 heteroatoms.